The Labute approximate surface area is 151 Å². The predicted octanol–water partition coefficient (Wildman–Crippen LogP) is 5.16. The summed E-state index contributed by atoms with van der Waals surface area (Å²) in [4.78, 5) is 0. The summed E-state index contributed by atoms with van der Waals surface area (Å²) >= 11 is 0. The fraction of sp³-hybridized carbons (Fsp3) is 0. The molecule has 0 aliphatic heterocycles. The summed E-state index contributed by atoms with van der Waals surface area (Å²) in [5.74, 6) is -3.71. The van der Waals surface area contributed by atoms with E-state index in [1.165, 1.54) is 28.8 Å². The highest BCUT2D eigenvalue weighted by Crippen LogP contribution is 2.31. The molecule has 0 bridgehead atoms. The van der Waals surface area contributed by atoms with Crippen molar-refractivity contribution in [1.29, 1.82) is 0 Å². The average molecular weight is 369 g/mol. The van der Waals surface area contributed by atoms with Crippen LogP contribution < -0.4 is 0 Å². The number of para-hydroxylation sites is 1. The van der Waals surface area contributed by atoms with Crippen LogP contribution in [0.4, 0.5) is 17.6 Å². The zero-order chi connectivity index (χ0) is 19.0. The third-order valence-corrected chi connectivity index (χ3v) is 4.01. The standard InChI is InChI=1S/C20H11F4N3/c21-13-8-6-12(7-9-13)19-25-26-20(27(19)15-4-2-1-3-5-15)16-10-14(22)11-17(23)18(16)24/h1-11H. The number of benzene rings is 3. The second-order valence-electron chi connectivity index (χ2n) is 5.77. The molecule has 0 atom stereocenters. The Morgan fingerprint density at radius 2 is 1.33 bits per heavy atom. The van der Waals surface area contributed by atoms with Crippen LogP contribution in [0.2, 0.25) is 0 Å². The van der Waals surface area contributed by atoms with Crippen molar-refractivity contribution < 1.29 is 17.6 Å². The van der Waals surface area contributed by atoms with Crippen molar-refractivity contribution in [3.63, 3.8) is 0 Å². The molecule has 0 radical (unpaired) electrons. The molecule has 4 rings (SSSR count). The van der Waals surface area contributed by atoms with Crippen molar-refractivity contribution in [3.05, 3.63) is 90.0 Å². The van der Waals surface area contributed by atoms with Gasteiger partial charge in [0, 0.05) is 17.3 Å². The molecule has 3 nitrogen and oxygen atoms in total. The van der Waals surface area contributed by atoms with E-state index in [4.69, 9.17) is 0 Å². The second kappa shape index (κ2) is 6.68. The Morgan fingerprint density at radius 3 is 2.04 bits per heavy atom. The molecule has 0 spiro atoms. The molecular weight excluding hydrogens is 358 g/mol. The maximum absolute atomic E-state index is 14.4. The largest absolute Gasteiger partial charge is 0.275 e. The van der Waals surface area contributed by atoms with Crippen molar-refractivity contribution in [2.45, 2.75) is 0 Å². The minimum atomic E-state index is -1.32. The van der Waals surface area contributed by atoms with Crippen LogP contribution in [0.3, 0.4) is 0 Å². The van der Waals surface area contributed by atoms with E-state index < -0.39 is 23.3 Å². The van der Waals surface area contributed by atoms with Crippen LogP contribution in [0.5, 0.6) is 0 Å². The Kier molecular flexibility index (Phi) is 4.19. The highest BCUT2D eigenvalue weighted by molar-refractivity contribution is 5.67. The molecule has 0 saturated carbocycles. The number of aromatic nitrogens is 3. The molecule has 7 heteroatoms. The van der Waals surface area contributed by atoms with Gasteiger partial charge < -0.3 is 0 Å². The van der Waals surface area contributed by atoms with Gasteiger partial charge in [0.1, 0.15) is 11.6 Å². The summed E-state index contributed by atoms with van der Waals surface area (Å²) in [6.45, 7) is 0. The number of nitrogens with zero attached hydrogens (tertiary/aromatic N) is 3. The molecule has 0 amide bonds. The van der Waals surface area contributed by atoms with Crippen molar-refractivity contribution in [1.82, 2.24) is 14.8 Å². The van der Waals surface area contributed by atoms with E-state index in [-0.39, 0.29) is 17.2 Å². The van der Waals surface area contributed by atoms with E-state index in [0.29, 0.717) is 17.3 Å². The smallest absolute Gasteiger partial charge is 0.172 e. The third-order valence-electron chi connectivity index (χ3n) is 4.01. The van der Waals surface area contributed by atoms with Gasteiger partial charge in [-0.25, -0.2) is 17.6 Å². The first-order valence-electron chi connectivity index (χ1n) is 7.96. The van der Waals surface area contributed by atoms with Gasteiger partial charge >= 0.3 is 0 Å². The van der Waals surface area contributed by atoms with Crippen molar-refractivity contribution in [2.75, 3.05) is 0 Å². The minimum absolute atomic E-state index is 0.0728. The quantitative estimate of drug-likeness (QED) is 0.369. The number of hydrogen-bond donors (Lipinski definition) is 0. The molecule has 0 unspecified atom stereocenters. The van der Waals surface area contributed by atoms with E-state index >= 15 is 0 Å². The summed E-state index contributed by atoms with van der Waals surface area (Å²) in [5.41, 5.74) is 0.703. The van der Waals surface area contributed by atoms with Crippen LogP contribution in [-0.2, 0) is 0 Å². The lowest BCUT2D eigenvalue weighted by molar-refractivity contribution is 0.497. The summed E-state index contributed by atoms with van der Waals surface area (Å²) in [5, 5.41) is 8.00. The highest BCUT2D eigenvalue weighted by atomic mass is 19.2. The first-order valence-corrected chi connectivity index (χ1v) is 7.96. The minimum Gasteiger partial charge on any atom is -0.275 e. The molecule has 0 fully saturated rings. The van der Waals surface area contributed by atoms with Gasteiger partial charge in [0.15, 0.2) is 23.3 Å². The number of hydrogen-bond acceptors (Lipinski definition) is 2. The Bertz CT molecular complexity index is 1110. The lowest BCUT2D eigenvalue weighted by Gasteiger charge is -2.11. The molecule has 27 heavy (non-hydrogen) atoms. The number of halogens is 4. The van der Waals surface area contributed by atoms with Gasteiger partial charge in [-0.1, -0.05) is 18.2 Å². The summed E-state index contributed by atoms with van der Waals surface area (Å²) < 4.78 is 56.5. The first kappa shape index (κ1) is 17.0. The van der Waals surface area contributed by atoms with E-state index in [1.54, 1.807) is 30.3 Å². The lowest BCUT2D eigenvalue weighted by Crippen LogP contribution is -2.03. The van der Waals surface area contributed by atoms with Crippen LogP contribution in [-0.4, -0.2) is 14.8 Å². The Balaban J connectivity index is 2.00. The van der Waals surface area contributed by atoms with Crippen LogP contribution in [0.1, 0.15) is 0 Å². The van der Waals surface area contributed by atoms with Gasteiger partial charge in [-0.15, -0.1) is 10.2 Å². The van der Waals surface area contributed by atoms with Gasteiger partial charge in [0.05, 0.1) is 5.56 Å². The predicted molar refractivity (Wildman–Crippen MR) is 92.1 cm³/mol. The topological polar surface area (TPSA) is 30.7 Å². The monoisotopic (exact) mass is 369 g/mol. The maximum atomic E-state index is 14.4. The third kappa shape index (κ3) is 3.08. The summed E-state index contributed by atoms with van der Waals surface area (Å²) in [7, 11) is 0. The van der Waals surface area contributed by atoms with Gasteiger partial charge in [-0.2, -0.15) is 0 Å². The van der Waals surface area contributed by atoms with Crippen molar-refractivity contribution in [2.24, 2.45) is 0 Å². The number of rotatable bonds is 3. The Morgan fingerprint density at radius 1 is 0.667 bits per heavy atom. The van der Waals surface area contributed by atoms with E-state index in [2.05, 4.69) is 10.2 Å². The first-order chi connectivity index (χ1) is 13.0. The molecular formula is C20H11F4N3. The van der Waals surface area contributed by atoms with Gasteiger partial charge in [0.2, 0.25) is 0 Å². The second-order valence-corrected chi connectivity index (χ2v) is 5.77. The highest BCUT2D eigenvalue weighted by Gasteiger charge is 2.22. The molecule has 134 valence electrons. The van der Waals surface area contributed by atoms with Crippen LogP contribution in [0.25, 0.3) is 28.5 Å². The average Bonchev–Trinajstić information content (AvgIpc) is 3.11. The van der Waals surface area contributed by atoms with E-state index in [9.17, 15) is 17.6 Å². The zero-order valence-electron chi connectivity index (χ0n) is 13.7. The van der Waals surface area contributed by atoms with Crippen LogP contribution >= 0.6 is 0 Å². The molecule has 1 heterocycles. The molecule has 0 N–H and O–H groups in total. The van der Waals surface area contributed by atoms with Gasteiger partial charge in [0.25, 0.3) is 0 Å². The molecule has 0 aliphatic carbocycles. The molecule has 0 aliphatic rings. The van der Waals surface area contributed by atoms with Crippen LogP contribution in [0, 0.1) is 23.3 Å². The Hall–Kier alpha value is -3.48. The normalized spacial score (nSPS) is 11.0. The summed E-state index contributed by atoms with van der Waals surface area (Å²) in [6.07, 6.45) is 0. The fourth-order valence-corrected chi connectivity index (χ4v) is 2.78. The van der Waals surface area contributed by atoms with E-state index in [1.807, 2.05) is 0 Å². The van der Waals surface area contributed by atoms with Crippen molar-refractivity contribution in [3.8, 4) is 28.5 Å². The van der Waals surface area contributed by atoms with Crippen LogP contribution in [0.15, 0.2) is 66.7 Å². The molecule has 1 aromatic heterocycles. The van der Waals surface area contributed by atoms with Crippen molar-refractivity contribution >= 4 is 0 Å². The summed E-state index contributed by atoms with van der Waals surface area (Å²) in [6, 6.07) is 15.5. The van der Waals surface area contributed by atoms with Gasteiger partial charge in [-0.3, -0.25) is 4.57 Å². The molecule has 0 saturated heterocycles. The molecule has 4 aromatic rings. The fourth-order valence-electron chi connectivity index (χ4n) is 2.78. The van der Waals surface area contributed by atoms with Gasteiger partial charge in [-0.05, 0) is 42.5 Å². The zero-order valence-corrected chi connectivity index (χ0v) is 13.7. The maximum Gasteiger partial charge on any atom is 0.172 e. The molecule has 3 aromatic carbocycles. The lowest BCUT2D eigenvalue weighted by atomic mass is 10.1. The van der Waals surface area contributed by atoms with E-state index in [0.717, 1.165) is 6.07 Å². The SMILES string of the molecule is Fc1ccc(-c2nnc(-c3cc(F)cc(F)c3F)n2-c2ccccc2)cc1.